The van der Waals surface area contributed by atoms with Crippen LogP contribution in [0, 0.1) is 23.7 Å². The third-order valence-electron chi connectivity index (χ3n) is 6.91. The molecule has 3 aromatic rings. The third kappa shape index (κ3) is 2.79. The summed E-state index contributed by atoms with van der Waals surface area (Å²) in [6.07, 6.45) is 4.28. The van der Waals surface area contributed by atoms with Gasteiger partial charge in [-0.3, -0.25) is 9.59 Å². The number of carbonyl (C=O) groups excluding carboxylic acids is 2. The highest BCUT2D eigenvalue weighted by Gasteiger charge is 2.62. The monoisotopic (exact) mass is 481 g/mol. The van der Waals surface area contributed by atoms with Crippen LogP contribution < -0.4 is 4.90 Å². The summed E-state index contributed by atoms with van der Waals surface area (Å²) in [5.41, 5.74) is 5.24. The molecule has 0 unspecified atom stereocenters. The molecule has 6 rings (SSSR count). The minimum atomic E-state index is -0.335. The molecular formula is C28H20BrNO2. The van der Waals surface area contributed by atoms with Crippen molar-refractivity contribution < 1.29 is 9.59 Å². The van der Waals surface area contributed by atoms with E-state index in [2.05, 4.69) is 52.3 Å². The lowest BCUT2D eigenvalue weighted by Gasteiger charge is -2.21. The van der Waals surface area contributed by atoms with Gasteiger partial charge in [-0.2, -0.15) is 0 Å². The fourth-order valence-electron chi connectivity index (χ4n) is 5.65. The van der Waals surface area contributed by atoms with Crippen molar-refractivity contribution in [3.05, 3.63) is 118 Å². The number of benzene rings is 3. The molecule has 2 bridgehead atoms. The summed E-state index contributed by atoms with van der Waals surface area (Å²) in [6, 6.07) is 28.0. The normalized spacial score (nSPS) is 25.5. The number of fused-ring (bicyclic) bond motifs is 5. The molecule has 1 heterocycles. The molecule has 32 heavy (non-hydrogen) atoms. The molecule has 156 valence electrons. The second-order valence-corrected chi connectivity index (χ2v) is 9.45. The molecule has 1 aliphatic heterocycles. The summed E-state index contributed by atoms with van der Waals surface area (Å²) in [4.78, 5) is 28.5. The lowest BCUT2D eigenvalue weighted by molar-refractivity contribution is -0.122. The average molecular weight is 482 g/mol. The van der Waals surface area contributed by atoms with Gasteiger partial charge in [0.25, 0.3) is 0 Å². The predicted octanol–water partition coefficient (Wildman–Crippen LogP) is 5.87. The van der Waals surface area contributed by atoms with Gasteiger partial charge in [-0.05, 0) is 46.5 Å². The number of anilines is 1. The standard InChI is InChI=1S/C28H20BrNO2/c29-19-11-13-20(14-12-19)30-27(31)25-21-15-16-22(26(25)28(30)32)24(21)23(17-7-3-1-4-8-17)18-9-5-2-6-10-18/h1-16,21-22,25-26H/t21-,22-,25-,26-/m0/s1. The Labute approximate surface area is 195 Å². The van der Waals surface area contributed by atoms with E-state index in [1.54, 1.807) is 0 Å². The van der Waals surface area contributed by atoms with Crippen molar-refractivity contribution in [2.24, 2.45) is 23.7 Å². The maximum atomic E-state index is 13.6. The third-order valence-corrected chi connectivity index (χ3v) is 7.44. The van der Waals surface area contributed by atoms with Crippen molar-refractivity contribution in [2.45, 2.75) is 0 Å². The van der Waals surface area contributed by atoms with Crippen LogP contribution in [0.15, 0.2) is 107 Å². The van der Waals surface area contributed by atoms with E-state index < -0.39 is 0 Å². The zero-order valence-electron chi connectivity index (χ0n) is 17.2. The topological polar surface area (TPSA) is 37.4 Å². The highest BCUT2D eigenvalue weighted by atomic mass is 79.9. The van der Waals surface area contributed by atoms with E-state index in [4.69, 9.17) is 0 Å². The first-order valence-electron chi connectivity index (χ1n) is 10.8. The Balaban J connectivity index is 1.48. The van der Waals surface area contributed by atoms with Crippen LogP contribution in [0.5, 0.6) is 0 Å². The summed E-state index contributed by atoms with van der Waals surface area (Å²) < 4.78 is 0.919. The van der Waals surface area contributed by atoms with Crippen molar-refractivity contribution >= 4 is 39.0 Å². The second kappa shape index (κ2) is 7.42. The Morgan fingerprint density at radius 2 is 1.12 bits per heavy atom. The molecule has 4 heteroatoms. The van der Waals surface area contributed by atoms with Gasteiger partial charge in [0.2, 0.25) is 11.8 Å². The number of carbonyl (C=O) groups is 2. The fraction of sp³-hybridized carbons (Fsp3) is 0.143. The molecule has 0 spiro atoms. The lowest BCUT2D eigenvalue weighted by Crippen LogP contribution is -2.33. The highest BCUT2D eigenvalue weighted by Crippen LogP contribution is 2.58. The minimum absolute atomic E-state index is 0.0580. The predicted molar refractivity (Wildman–Crippen MR) is 129 cm³/mol. The number of nitrogens with zero attached hydrogens (tertiary/aromatic N) is 1. The van der Waals surface area contributed by atoms with Crippen LogP contribution in [0.3, 0.4) is 0 Å². The van der Waals surface area contributed by atoms with Crippen LogP contribution in [0.1, 0.15) is 11.1 Å². The number of halogens is 1. The van der Waals surface area contributed by atoms with Gasteiger partial charge in [-0.25, -0.2) is 4.90 Å². The summed E-state index contributed by atoms with van der Waals surface area (Å²) in [7, 11) is 0. The number of allylic oxidation sites excluding steroid dienone is 3. The molecule has 3 nitrogen and oxygen atoms in total. The maximum absolute atomic E-state index is 13.6. The molecule has 2 aliphatic carbocycles. The highest BCUT2D eigenvalue weighted by molar-refractivity contribution is 9.10. The van der Waals surface area contributed by atoms with Crippen molar-refractivity contribution in [1.82, 2.24) is 0 Å². The number of hydrogen-bond acceptors (Lipinski definition) is 2. The van der Waals surface area contributed by atoms with Crippen molar-refractivity contribution in [3.8, 4) is 0 Å². The number of amides is 2. The zero-order chi connectivity index (χ0) is 21.8. The molecule has 4 atom stereocenters. The molecule has 2 amide bonds. The molecule has 1 saturated heterocycles. The van der Waals surface area contributed by atoms with E-state index in [0.29, 0.717) is 5.69 Å². The lowest BCUT2D eigenvalue weighted by atomic mass is 9.85. The minimum Gasteiger partial charge on any atom is -0.274 e. The van der Waals surface area contributed by atoms with Gasteiger partial charge < -0.3 is 0 Å². The Morgan fingerprint density at radius 3 is 1.59 bits per heavy atom. The molecule has 3 aromatic carbocycles. The first-order chi connectivity index (χ1) is 15.6. The van der Waals surface area contributed by atoms with Crippen LogP contribution in [0.4, 0.5) is 5.69 Å². The molecule has 0 N–H and O–H groups in total. The molecule has 3 aliphatic rings. The van der Waals surface area contributed by atoms with E-state index in [0.717, 1.165) is 21.2 Å². The summed E-state index contributed by atoms with van der Waals surface area (Å²) in [6.45, 7) is 0. The summed E-state index contributed by atoms with van der Waals surface area (Å²) >= 11 is 3.43. The first kappa shape index (κ1) is 19.4. The van der Waals surface area contributed by atoms with Crippen LogP contribution in [0.25, 0.3) is 5.57 Å². The molecule has 0 radical (unpaired) electrons. The Hall–Kier alpha value is -3.24. The van der Waals surface area contributed by atoms with Gasteiger partial charge >= 0.3 is 0 Å². The van der Waals surface area contributed by atoms with Gasteiger partial charge in [0, 0.05) is 16.3 Å². The smallest absolute Gasteiger partial charge is 0.238 e. The van der Waals surface area contributed by atoms with Crippen LogP contribution >= 0.6 is 15.9 Å². The van der Waals surface area contributed by atoms with E-state index in [9.17, 15) is 9.59 Å². The van der Waals surface area contributed by atoms with Crippen molar-refractivity contribution in [2.75, 3.05) is 4.90 Å². The van der Waals surface area contributed by atoms with Gasteiger partial charge in [-0.1, -0.05) is 88.7 Å². The quantitative estimate of drug-likeness (QED) is 0.346. The van der Waals surface area contributed by atoms with Gasteiger partial charge in [0.1, 0.15) is 0 Å². The number of hydrogen-bond donors (Lipinski definition) is 0. The number of imide groups is 1. The van der Waals surface area contributed by atoms with Gasteiger partial charge in [0.05, 0.1) is 17.5 Å². The summed E-state index contributed by atoms with van der Waals surface area (Å²) in [5.74, 6) is -0.957. The van der Waals surface area contributed by atoms with Crippen LogP contribution in [-0.4, -0.2) is 11.8 Å². The summed E-state index contributed by atoms with van der Waals surface area (Å²) in [5, 5.41) is 0. The van der Waals surface area contributed by atoms with E-state index in [1.165, 1.54) is 10.5 Å². The van der Waals surface area contributed by atoms with Crippen molar-refractivity contribution in [3.63, 3.8) is 0 Å². The van der Waals surface area contributed by atoms with E-state index in [1.807, 2.05) is 60.7 Å². The average Bonchev–Trinajstić information content (AvgIpc) is 3.46. The second-order valence-electron chi connectivity index (χ2n) is 8.54. The maximum Gasteiger partial charge on any atom is 0.238 e. The zero-order valence-corrected chi connectivity index (χ0v) is 18.8. The van der Waals surface area contributed by atoms with Crippen LogP contribution in [-0.2, 0) is 9.59 Å². The van der Waals surface area contributed by atoms with Crippen LogP contribution in [0.2, 0.25) is 0 Å². The Morgan fingerprint density at radius 1 is 0.656 bits per heavy atom. The van der Waals surface area contributed by atoms with E-state index in [-0.39, 0.29) is 35.5 Å². The van der Waals surface area contributed by atoms with Gasteiger partial charge in [-0.15, -0.1) is 0 Å². The fourth-order valence-corrected chi connectivity index (χ4v) is 5.92. The molecular weight excluding hydrogens is 462 g/mol. The SMILES string of the molecule is O=C1[C@@H]2[C@@H](C(=O)N1c1ccc(Br)cc1)[C@H]1C=C[C@H]2C1=C(c1ccccc1)c1ccccc1. The van der Waals surface area contributed by atoms with Gasteiger partial charge in [0.15, 0.2) is 0 Å². The number of rotatable bonds is 3. The largest absolute Gasteiger partial charge is 0.274 e. The van der Waals surface area contributed by atoms with E-state index >= 15 is 0 Å². The Bertz CT molecular complexity index is 1200. The molecule has 2 fully saturated rings. The molecule has 1 saturated carbocycles. The van der Waals surface area contributed by atoms with Crippen molar-refractivity contribution in [1.29, 1.82) is 0 Å². The Kier molecular flexibility index (Phi) is 4.51. The first-order valence-corrected chi connectivity index (χ1v) is 11.6. The molecule has 0 aromatic heterocycles.